The third kappa shape index (κ3) is 18.0. The Bertz CT molecular complexity index is 164. The first kappa shape index (κ1) is 22.8. The first-order valence-electron chi connectivity index (χ1n) is 7.43. The van der Waals surface area contributed by atoms with E-state index in [-0.39, 0.29) is 12.3 Å². The van der Waals surface area contributed by atoms with E-state index in [1.165, 1.54) is 70.6 Å². The van der Waals surface area contributed by atoms with Gasteiger partial charge in [0, 0.05) is 0 Å². The predicted molar refractivity (Wildman–Crippen MR) is 85.9 cm³/mol. The molecule has 2 heteroatoms. The maximum Gasteiger partial charge on any atom is -0.0323 e. The van der Waals surface area contributed by atoms with E-state index in [4.69, 9.17) is 0 Å². The molecule has 0 aliphatic heterocycles. The molecule has 0 fully saturated rings. The first-order valence-corrected chi connectivity index (χ1v) is 7.43. The van der Waals surface area contributed by atoms with Crippen molar-refractivity contribution in [2.75, 3.05) is 0 Å². The zero-order valence-electron chi connectivity index (χ0n) is 13.3. The van der Waals surface area contributed by atoms with Gasteiger partial charge in [-0.05, 0) is 26.7 Å². The van der Waals surface area contributed by atoms with Gasteiger partial charge in [-0.2, -0.15) is 0 Å². The van der Waals surface area contributed by atoms with Crippen molar-refractivity contribution in [3.8, 4) is 0 Å². The predicted octanol–water partition coefficient (Wildman–Crippen LogP) is 6.59. The molecule has 0 rings (SSSR count). The molecule has 0 saturated heterocycles. The van der Waals surface area contributed by atoms with E-state index < -0.39 is 0 Å². The molecule has 112 valence electrons. The molecule has 0 spiro atoms. The number of rotatable bonds is 11. The second-order valence-electron chi connectivity index (χ2n) is 5.07. The molecule has 0 aliphatic rings. The van der Waals surface area contributed by atoms with Gasteiger partial charge in [-0.3, -0.25) is 0 Å². The summed E-state index contributed by atoms with van der Waals surface area (Å²) in [6.07, 6.45) is 17.9. The van der Waals surface area contributed by atoms with Crippen molar-refractivity contribution in [3.05, 3.63) is 11.6 Å². The van der Waals surface area contributed by atoms with E-state index in [1.807, 2.05) is 0 Å². The van der Waals surface area contributed by atoms with Crippen LogP contribution in [0.1, 0.15) is 91.4 Å². The lowest BCUT2D eigenvalue weighted by molar-refractivity contribution is 0.556. The Kier molecular flexibility index (Phi) is 24.1. The van der Waals surface area contributed by atoms with Crippen LogP contribution in [0.2, 0.25) is 0 Å². The van der Waals surface area contributed by atoms with Gasteiger partial charge in [-0.1, -0.05) is 76.4 Å². The fourth-order valence-corrected chi connectivity index (χ4v) is 2.04. The third-order valence-electron chi connectivity index (χ3n) is 3.42. The van der Waals surface area contributed by atoms with Crippen molar-refractivity contribution in [1.82, 2.24) is 12.3 Å². The molecule has 0 saturated carbocycles. The summed E-state index contributed by atoms with van der Waals surface area (Å²) in [5, 5.41) is 0. The molecule has 0 aliphatic carbocycles. The normalized spacial score (nSPS) is 10.7. The molecule has 0 heterocycles. The molecule has 0 radical (unpaired) electrons. The highest BCUT2D eigenvalue weighted by molar-refractivity contribution is 4.94. The summed E-state index contributed by atoms with van der Waals surface area (Å²) < 4.78 is 0. The molecule has 18 heavy (non-hydrogen) atoms. The summed E-state index contributed by atoms with van der Waals surface area (Å²) in [6, 6.07) is 0. The summed E-state index contributed by atoms with van der Waals surface area (Å²) >= 11 is 0. The van der Waals surface area contributed by atoms with Crippen LogP contribution in [-0.4, -0.2) is 0 Å². The standard InChI is InChI=1S/C16H32.2H3N/c1-4-6-7-8-9-10-11-12-13-14-15-16(3)5-2;;/h5H,4,6-15H2,1-3H3;2*1H3. The Labute approximate surface area is 116 Å². The van der Waals surface area contributed by atoms with Gasteiger partial charge in [0.25, 0.3) is 0 Å². The summed E-state index contributed by atoms with van der Waals surface area (Å²) in [5.41, 5.74) is 1.56. The summed E-state index contributed by atoms with van der Waals surface area (Å²) in [7, 11) is 0. The minimum Gasteiger partial charge on any atom is -0.344 e. The molecule has 0 unspecified atom stereocenters. The fraction of sp³-hybridized carbons (Fsp3) is 0.875. The largest absolute Gasteiger partial charge is 0.344 e. The molecule has 6 N–H and O–H groups in total. The zero-order chi connectivity index (χ0) is 12.1. The van der Waals surface area contributed by atoms with Gasteiger partial charge >= 0.3 is 0 Å². The summed E-state index contributed by atoms with van der Waals surface area (Å²) in [6.45, 7) is 6.67. The SMILES string of the molecule is CC=C(C)CCCCCCCCCCCC.N.N. The third-order valence-corrected chi connectivity index (χ3v) is 3.42. The van der Waals surface area contributed by atoms with Gasteiger partial charge in [-0.25, -0.2) is 0 Å². The summed E-state index contributed by atoms with van der Waals surface area (Å²) in [5.74, 6) is 0. The Balaban J connectivity index is -0.00000112. The zero-order valence-corrected chi connectivity index (χ0v) is 13.3. The average Bonchev–Trinajstić information content (AvgIpc) is 2.31. The van der Waals surface area contributed by atoms with Crippen molar-refractivity contribution >= 4 is 0 Å². The molecule has 0 aromatic carbocycles. The van der Waals surface area contributed by atoms with Crippen LogP contribution < -0.4 is 12.3 Å². The molecular formula is C16H38N2. The van der Waals surface area contributed by atoms with E-state index in [9.17, 15) is 0 Å². The quantitative estimate of drug-likeness (QED) is 0.324. The highest BCUT2D eigenvalue weighted by Crippen LogP contribution is 2.13. The smallest absolute Gasteiger partial charge is 0.0323 e. The van der Waals surface area contributed by atoms with Crippen LogP contribution in [0.25, 0.3) is 0 Å². The van der Waals surface area contributed by atoms with Gasteiger partial charge < -0.3 is 12.3 Å². The van der Waals surface area contributed by atoms with E-state index in [0.717, 1.165) is 0 Å². The van der Waals surface area contributed by atoms with Crippen LogP contribution in [0.15, 0.2) is 11.6 Å². The number of hydrogen-bond donors (Lipinski definition) is 2. The molecule has 0 bridgehead atoms. The van der Waals surface area contributed by atoms with Crippen LogP contribution in [0, 0.1) is 0 Å². The Morgan fingerprint density at radius 1 is 0.722 bits per heavy atom. The number of hydrogen-bond acceptors (Lipinski definition) is 2. The van der Waals surface area contributed by atoms with Crippen LogP contribution in [0.4, 0.5) is 0 Å². The topological polar surface area (TPSA) is 70.0 Å². The van der Waals surface area contributed by atoms with Crippen LogP contribution in [-0.2, 0) is 0 Å². The molecule has 0 atom stereocenters. The van der Waals surface area contributed by atoms with Gasteiger partial charge in [0.2, 0.25) is 0 Å². The lowest BCUT2D eigenvalue weighted by Gasteiger charge is -2.02. The maximum absolute atomic E-state index is 2.28. The number of unbranched alkanes of at least 4 members (excludes halogenated alkanes) is 9. The number of allylic oxidation sites excluding steroid dienone is 2. The highest BCUT2D eigenvalue weighted by Gasteiger charge is 1.93. The fourth-order valence-electron chi connectivity index (χ4n) is 2.04. The van der Waals surface area contributed by atoms with Crippen molar-refractivity contribution in [2.45, 2.75) is 91.4 Å². The van der Waals surface area contributed by atoms with Crippen LogP contribution >= 0.6 is 0 Å². The lowest BCUT2D eigenvalue weighted by atomic mass is 10.0. The minimum atomic E-state index is 0. The average molecular weight is 258 g/mol. The molecule has 0 aromatic rings. The molecule has 2 nitrogen and oxygen atoms in total. The lowest BCUT2D eigenvalue weighted by Crippen LogP contribution is -1.82. The van der Waals surface area contributed by atoms with Crippen molar-refractivity contribution in [1.29, 1.82) is 0 Å². The summed E-state index contributed by atoms with van der Waals surface area (Å²) in [4.78, 5) is 0. The van der Waals surface area contributed by atoms with Crippen molar-refractivity contribution in [2.24, 2.45) is 0 Å². The van der Waals surface area contributed by atoms with Gasteiger partial charge in [0.1, 0.15) is 0 Å². The molecule has 0 amide bonds. The second-order valence-corrected chi connectivity index (χ2v) is 5.07. The first-order chi connectivity index (χ1) is 7.81. The Hall–Kier alpha value is -0.340. The van der Waals surface area contributed by atoms with E-state index in [1.54, 1.807) is 5.57 Å². The van der Waals surface area contributed by atoms with Gasteiger partial charge in [-0.15, -0.1) is 0 Å². The molecule has 0 aromatic heterocycles. The van der Waals surface area contributed by atoms with Crippen molar-refractivity contribution in [3.63, 3.8) is 0 Å². The highest BCUT2D eigenvalue weighted by atomic mass is 14.0. The maximum atomic E-state index is 2.28. The second kappa shape index (κ2) is 19.0. The van der Waals surface area contributed by atoms with Gasteiger partial charge in [0.15, 0.2) is 0 Å². The van der Waals surface area contributed by atoms with Crippen LogP contribution in [0.5, 0.6) is 0 Å². The van der Waals surface area contributed by atoms with E-state index in [0.29, 0.717) is 0 Å². The van der Waals surface area contributed by atoms with Gasteiger partial charge in [0.05, 0.1) is 0 Å². The van der Waals surface area contributed by atoms with Crippen LogP contribution in [0.3, 0.4) is 0 Å². The van der Waals surface area contributed by atoms with Crippen molar-refractivity contribution < 1.29 is 0 Å². The Morgan fingerprint density at radius 3 is 1.50 bits per heavy atom. The minimum absolute atomic E-state index is 0. The Morgan fingerprint density at radius 2 is 1.11 bits per heavy atom. The molecular weight excluding hydrogens is 220 g/mol. The van der Waals surface area contributed by atoms with E-state index in [2.05, 4.69) is 26.8 Å². The van der Waals surface area contributed by atoms with E-state index >= 15 is 0 Å². The monoisotopic (exact) mass is 258 g/mol.